The maximum Gasteiger partial charge on any atom is 0.0769 e. The van der Waals surface area contributed by atoms with Crippen LogP contribution >= 0.6 is 12.4 Å². The lowest BCUT2D eigenvalue weighted by atomic mass is 10.3. The van der Waals surface area contributed by atoms with Crippen LogP contribution in [0, 0.1) is 0 Å². The molecule has 0 amide bonds. The molecule has 4 nitrogen and oxygen atoms in total. The van der Waals surface area contributed by atoms with Crippen molar-refractivity contribution in [2.45, 2.75) is 19.0 Å². The monoisotopic (exact) mass is 278 g/mol. The zero-order valence-corrected chi connectivity index (χ0v) is 11.6. The number of likely N-dealkylation sites (tertiary alicyclic amines) is 1. The second-order valence-electron chi connectivity index (χ2n) is 4.87. The van der Waals surface area contributed by atoms with E-state index in [9.17, 15) is 0 Å². The van der Waals surface area contributed by atoms with Crippen molar-refractivity contribution in [1.82, 2.24) is 14.7 Å². The summed E-state index contributed by atoms with van der Waals surface area (Å²) in [6.45, 7) is 2.96. The third kappa shape index (κ3) is 3.35. The molecule has 1 aliphatic rings. The maximum absolute atomic E-state index is 5.91. The normalized spacial score (nSPS) is 19.3. The van der Waals surface area contributed by atoms with Crippen molar-refractivity contribution in [3.63, 3.8) is 0 Å². The van der Waals surface area contributed by atoms with Gasteiger partial charge in [-0.2, -0.15) is 5.10 Å². The van der Waals surface area contributed by atoms with Gasteiger partial charge in [0, 0.05) is 31.9 Å². The van der Waals surface area contributed by atoms with Gasteiger partial charge >= 0.3 is 0 Å². The highest BCUT2D eigenvalue weighted by atomic mass is 35.5. The summed E-state index contributed by atoms with van der Waals surface area (Å²) < 4.78 is 1.92. The van der Waals surface area contributed by atoms with Gasteiger partial charge in [-0.05, 0) is 24.6 Å². The predicted octanol–water partition coefficient (Wildman–Crippen LogP) is 1.83. The van der Waals surface area contributed by atoms with Crippen LogP contribution in [-0.4, -0.2) is 33.8 Å². The highest BCUT2D eigenvalue weighted by Gasteiger charge is 2.19. The van der Waals surface area contributed by atoms with Crippen LogP contribution in [0.5, 0.6) is 0 Å². The third-order valence-corrected chi connectivity index (χ3v) is 3.36. The number of benzene rings is 1. The van der Waals surface area contributed by atoms with Gasteiger partial charge in [-0.1, -0.05) is 18.2 Å². The van der Waals surface area contributed by atoms with Crippen LogP contribution in [-0.2, 0) is 6.54 Å². The summed E-state index contributed by atoms with van der Waals surface area (Å²) in [6.07, 6.45) is 3.11. The van der Waals surface area contributed by atoms with Crippen LogP contribution in [0.4, 0.5) is 0 Å². The Morgan fingerprint density at radius 1 is 1.21 bits per heavy atom. The topological polar surface area (TPSA) is 47.1 Å². The van der Waals surface area contributed by atoms with Crippen molar-refractivity contribution in [2.75, 3.05) is 13.1 Å². The van der Waals surface area contributed by atoms with Crippen molar-refractivity contribution in [3.05, 3.63) is 48.3 Å². The number of rotatable bonds is 3. The highest BCUT2D eigenvalue weighted by molar-refractivity contribution is 5.85. The van der Waals surface area contributed by atoms with Gasteiger partial charge in [0.2, 0.25) is 0 Å². The fourth-order valence-corrected chi connectivity index (χ4v) is 2.41. The summed E-state index contributed by atoms with van der Waals surface area (Å²) in [5, 5.41) is 4.60. The minimum absolute atomic E-state index is 0. The van der Waals surface area contributed by atoms with Crippen LogP contribution < -0.4 is 5.73 Å². The van der Waals surface area contributed by atoms with E-state index in [1.165, 1.54) is 0 Å². The predicted molar refractivity (Wildman–Crippen MR) is 78.7 cm³/mol. The van der Waals surface area contributed by atoms with E-state index in [1.54, 1.807) is 0 Å². The van der Waals surface area contributed by atoms with E-state index >= 15 is 0 Å². The van der Waals surface area contributed by atoms with Crippen LogP contribution in [0.3, 0.4) is 0 Å². The van der Waals surface area contributed by atoms with E-state index in [0.29, 0.717) is 6.04 Å². The Morgan fingerprint density at radius 3 is 2.68 bits per heavy atom. The van der Waals surface area contributed by atoms with E-state index in [0.717, 1.165) is 37.4 Å². The fraction of sp³-hybridized carbons (Fsp3) is 0.357. The molecular weight excluding hydrogens is 260 g/mol. The SMILES string of the molecule is Cl.NC1CCN(Cc2ccn(-c3ccccc3)n2)C1. The molecule has 1 aromatic heterocycles. The van der Waals surface area contributed by atoms with Gasteiger partial charge in [-0.25, -0.2) is 4.68 Å². The fourth-order valence-electron chi connectivity index (χ4n) is 2.41. The molecule has 0 radical (unpaired) electrons. The first-order valence-corrected chi connectivity index (χ1v) is 6.39. The molecule has 1 fully saturated rings. The number of aromatic nitrogens is 2. The molecule has 1 atom stereocenters. The molecule has 1 aliphatic heterocycles. The van der Waals surface area contributed by atoms with Gasteiger partial charge in [-0.15, -0.1) is 12.4 Å². The zero-order chi connectivity index (χ0) is 12.4. The van der Waals surface area contributed by atoms with Gasteiger partial charge in [0.25, 0.3) is 0 Å². The van der Waals surface area contributed by atoms with Crippen molar-refractivity contribution in [3.8, 4) is 5.69 Å². The van der Waals surface area contributed by atoms with E-state index in [4.69, 9.17) is 5.73 Å². The second kappa shape index (κ2) is 6.19. The molecule has 102 valence electrons. The van der Waals surface area contributed by atoms with Crippen molar-refractivity contribution >= 4 is 12.4 Å². The molecule has 2 aromatic rings. The molecule has 19 heavy (non-hydrogen) atoms. The summed E-state index contributed by atoms with van der Waals surface area (Å²) in [4.78, 5) is 2.36. The Hall–Kier alpha value is -1.36. The highest BCUT2D eigenvalue weighted by Crippen LogP contribution is 2.12. The van der Waals surface area contributed by atoms with Gasteiger partial charge < -0.3 is 5.73 Å². The number of hydrogen-bond donors (Lipinski definition) is 1. The van der Waals surface area contributed by atoms with E-state index in [1.807, 2.05) is 29.1 Å². The Kier molecular flexibility index (Phi) is 4.58. The molecule has 0 spiro atoms. The second-order valence-corrected chi connectivity index (χ2v) is 4.87. The zero-order valence-electron chi connectivity index (χ0n) is 10.8. The maximum atomic E-state index is 5.91. The molecule has 2 heterocycles. The van der Waals surface area contributed by atoms with E-state index in [-0.39, 0.29) is 12.4 Å². The lowest BCUT2D eigenvalue weighted by molar-refractivity contribution is 0.322. The minimum Gasteiger partial charge on any atom is -0.326 e. The molecule has 0 saturated carbocycles. The molecule has 2 N–H and O–H groups in total. The van der Waals surface area contributed by atoms with Crippen molar-refractivity contribution in [2.24, 2.45) is 5.73 Å². The van der Waals surface area contributed by atoms with Crippen LogP contribution in [0.2, 0.25) is 0 Å². The molecule has 0 aliphatic carbocycles. The number of nitrogens with zero attached hydrogens (tertiary/aromatic N) is 3. The summed E-state index contributed by atoms with van der Waals surface area (Å²) >= 11 is 0. The van der Waals surface area contributed by atoms with Gasteiger partial charge in [0.05, 0.1) is 11.4 Å². The first kappa shape index (κ1) is 14.1. The summed E-state index contributed by atoms with van der Waals surface area (Å²) in [5.74, 6) is 0. The summed E-state index contributed by atoms with van der Waals surface area (Å²) in [7, 11) is 0. The van der Waals surface area contributed by atoms with Gasteiger partial charge in [0.1, 0.15) is 0 Å². The Labute approximate surface area is 119 Å². The first-order chi connectivity index (χ1) is 8.81. The standard InChI is InChI=1S/C14H18N4.ClH/c15-12-6-8-17(10-12)11-13-7-9-18(16-13)14-4-2-1-3-5-14;/h1-5,7,9,12H,6,8,10-11,15H2;1H. The molecule has 0 bridgehead atoms. The minimum atomic E-state index is 0. The van der Waals surface area contributed by atoms with Crippen LogP contribution in [0.1, 0.15) is 12.1 Å². The molecule has 1 aromatic carbocycles. The molecule has 3 rings (SSSR count). The number of nitrogens with two attached hydrogens (primary N) is 1. The molecule has 5 heteroatoms. The van der Waals surface area contributed by atoms with Gasteiger partial charge in [0.15, 0.2) is 0 Å². The first-order valence-electron chi connectivity index (χ1n) is 6.39. The quantitative estimate of drug-likeness (QED) is 0.932. The number of hydrogen-bond acceptors (Lipinski definition) is 3. The number of halogens is 1. The lowest BCUT2D eigenvalue weighted by Crippen LogP contribution is -2.26. The Morgan fingerprint density at radius 2 is 2.00 bits per heavy atom. The number of para-hydroxylation sites is 1. The van der Waals surface area contributed by atoms with Crippen LogP contribution in [0.15, 0.2) is 42.6 Å². The van der Waals surface area contributed by atoms with E-state index < -0.39 is 0 Å². The summed E-state index contributed by atoms with van der Waals surface area (Å²) in [5.41, 5.74) is 8.11. The Bertz CT molecular complexity index is 511. The van der Waals surface area contributed by atoms with Crippen molar-refractivity contribution < 1.29 is 0 Å². The molecule has 1 saturated heterocycles. The average Bonchev–Trinajstić information content (AvgIpc) is 3.01. The molecule has 1 unspecified atom stereocenters. The van der Waals surface area contributed by atoms with Crippen LogP contribution in [0.25, 0.3) is 5.69 Å². The van der Waals surface area contributed by atoms with E-state index in [2.05, 4.69) is 28.2 Å². The molecular formula is C14H19ClN4. The average molecular weight is 279 g/mol. The third-order valence-electron chi connectivity index (χ3n) is 3.36. The van der Waals surface area contributed by atoms with Crippen molar-refractivity contribution in [1.29, 1.82) is 0 Å². The lowest BCUT2D eigenvalue weighted by Gasteiger charge is -2.12. The van der Waals surface area contributed by atoms with Gasteiger partial charge in [-0.3, -0.25) is 4.90 Å². The Balaban J connectivity index is 0.00000133. The smallest absolute Gasteiger partial charge is 0.0769 e. The summed E-state index contributed by atoms with van der Waals surface area (Å²) in [6, 6.07) is 12.6. The largest absolute Gasteiger partial charge is 0.326 e.